The van der Waals surface area contributed by atoms with E-state index in [2.05, 4.69) is 37.5 Å². The van der Waals surface area contributed by atoms with Gasteiger partial charge in [-0.25, -0.2) is 9.59 Å². The molecular formula is C60H112N2O4. The lowest BCUT2D eigenvalue weighted by atomic mass is 10.1. The van der Waals surface area contributed by atoms with Crippen molar-refractivity contribution >= 4 is 11.9 Å². The number of benzene rings is 1. The summed E-state index contributed by atoms with van der Waals surface area (Å²) in [5.74, 6) is -0.635. The highest BCUT2D eigenvalue weighted by molar-refractivity contribution is 5.93. The lowest BCUT2D eigenvalue weighted by Gasteiger charge is -2.22. The molecule has 0 heterocycles. The van der Waals surface area contributed by atoms with E-state index in [1.807, 2.05) is 0 Å². The molecule has 0 saturated heterocycles. The van der Waals surface area contributed by atoms with Crippen LogP contribution in [-0.2, 0) is 9.47 Å². The molecule has 1 aromatic carbocycles. The molecule has 0 unspecified atom stereocenters. The molecule has 66 heavy (non-hydrogen) atoms. The van der Waals surface area contributed by atoms with Crippen LogP contribution in [0.4, 0.5) is 0 Å². The molecule has 0 aromatic heterocycles. The quantitative estimate of drug-likeness (QED) is 0.0479. The lowest BCUT2D eigenvalue weighted by molar-refractivity contribution is 0.0446. The zero-order chi connectivity index (χ0) is 47.6. The third kappa shape index (κ3) is 40.0. The highest BCUT2D eigenvalue weighted by Gasteiger charge is 2.14. The molecule has 0 atom stereocenters. The SMILES string of the molecule is CCCCCCCCCCCCN(CCCCCCCCCCCC)CCOC(=O)c1ccc(C(=O)OCCN(CCCCCCCCCCCC)CCCCCCCCCCCC)cc1. The molecule has 0 spiro atoms. The fraction of sp³-hybridized carbons (Fsp3) is 0.867. The molecule has 0 aliphatic heterocycles. The Balaban J connectivity index is 2.53. The molecule has 1 aromatic rings. The van der Waals surface area contributed by atoms with Gasteiger partial charge >= 0.3 is 11.9 Å². The first-order valence-electron chi connectivity index (χ1n) is 29.4. The first kappa shape index (κ1) is 62.1. The van der Waals surface area contributed by atoms with E-state index in [1.54, 1.807) is 24.3 Å². The summed E-state index contributed by atoms with van der Waals surface area (Å²) < 4.78 is 11.6. The van der Waals surface area contributed by atoms with E-state index < -0.39 is 0 Å². The van der Waals surface area contributed by atoms with Crippen LogP contribution in [0.2, 0.25) is 0 Å². The van der Waals surface area contributed by atoms with E-state index >= 15 is 0 Å². The first-order valence-corrected chi connectivity index (χ1v) is 29.4. The Morgan fingerprint density at radius 2 is 0.470 bits per heavy atom. The van der Waals surface area contributed by atoms with Gasteiger partial charge in [0.1, 0.15) is 13.2 Å². The van der Waals surface area contributed by atoms with Gasteiger partial charge in [0.2, 0.25) is 0 Å². The predicted octanol–water partition coefficient (Wildman–Crippen LogP) is 18.3. The molecule has 0 amide bonds. The largest absolute Gasteiger partial charge is 0.461 e. The fourth-order valence-electron chi connectivity index (χ4n) is 9.41. The fourth-order valence-corrected chi connectivity index (χ4v) is 9.41. The van der Waals surface area contributed by atoms with Crippen molar-refractivity contribution in [2.45, 2.75) is 285 Å². The normalized spacial score (nSPS) is 11.6. The van der Waals surface area contributed by atoms with Crippen molar-refractivity contribution in [2.75, 3.05) is 52.5 Å². The zero-order valence-electron chi connectivity index (χ0n) is 44.8. The Hall–Kier alpha value is -1.92. The summed E-state index contributed by atoms with van der Waals surface area (Å²) in [5.41, 5.74) is 0.975. The summed E-state index contributed by atoms with van der Waals surface area (Å²) in [4.78, 5) is 31.2. The van der Waals surface area contributed by atoms with Crippen LogP contribution in [-0.4, -0.2) is 74.2 Å². The number of ether oxygens (including phenoxy) is 2. The van der Waals surface area contributed by atoms with E-state index in [-0.39, 0.29) is 11.9 Å². The van der Waals surface area contributed by atoms with Crippen molar-refractivity contribution in [2.24, 2.45) is 0 Å². The third-order valence-corrected chi connectivity index (χ3v) is 13.9. The summed E-state index contributed by atoms with van der Waals surface area (Å²) in [7, 11) is 0. The molecular weight excluding hydrogens is 813 g/mol. The molecule has 1 rings (SSSR count). The summed E-state index contributed by atoms with van der Waals surface area (Å²) in [6.07, 6.45) is 53.8. The Bertz CT molecular complexity index is 1020. The number of nitrogens with zero attached hydrogens (tertiary/aromatic N) is 2. The summed E-state index contributed by atoms with van der Waals surface area (Å²) in [6.45, 7) is 15.8. The van der Waals surface area contributed by atoms with Crippen LogP contribution in [0.25, 0.3) is 0 Å². The maximum atomic E-state index is 13.1. The zero-order valence-corrected chi connectivity index (χ0v) is 44.8. The van der Waals surface area contributed by atoms with E-state index in [9.17, 15) is 9.59 Å². The van der Waals surface area contributed by atoms with Crippen molar-refractivity contribution in [1.82, 2.24) is 9.80 Å². The Kier molecular flexibility index (Phi) is 46.6. The molecule has 0 fully saturated rings. The number of unbranched alkanes of at least 4 members (excludes halogenated alkanes) is 36. The summed E-state index contributed by atoms with van der Waals surface area (Å²) in [6, 6.07) is 6.86. The standard InChI is InChI=1S/C60H112N2O4/c1-5-9-13-17-21-25-29-33-37-41-49-61(50-42-38-34-30-26-22-18-14-10-6-2)53-55-65-59(63)57-45-47-58(48-46-57)60(64)66-56-54-62(51-43-39-35-31-27-23-19-15-11-7-3)52-44-40-36-32-28-24-20-16-12-8-4/h45-48H,5-44,49-56H2,1-4H3. The second-order valence-corrected chi connectivity index (χ2v) is 20.3. The highest BCUT2D eigenvalue weighted by Crippen LogP contribution is 2.16. The van der Waals surface area contributed by atoms with Gasteiger partial charge in [-0.1, -0.05) is 259 Å². The smallest absolute Gasteiger partial charge is 0.338 e. The van der Waals surface area contributed by atoms with Crippen LogP contribution in [0.5, 0.6) is 0 Å². The van der Waals surface area contributed by atoms with E-state index in [1.165, 1.54) is 257 Å². The minimum absolute atomic E-state index is 0.317. The molecule has 0 saturated carbocycles. The van der Waals surface area contributed by atoms with Gasteiger partial charge in [-0.15, -0.1) is 0 Å². The lowest BCUT2D eigenvalue weighted by Crippen LogP contribution is -2.30. The molecule has 0 N–H and O–H groups in total. The second kappa shape index (κ2) is 49.5. The Labute approximate surface area is 411 Å². The van der Waals surface area contributed by atoms with Gasteiger partial charge in [0.05, 0.1) is 11.1 Å². The number of hydrogen-bond donors (Lipinski definition) is 0. The average molecular weight is 926 g/mol. The number of carbonyl (C=O) groups is 2. The predicted molar refractivity (Wildman–Crippen MR) is 287 cm³/mol. The van der Waals surface area contributed by atoms with E-state index in [4.69, 9.17) is 9.47 Å². The van der Waals surface area contributed by atoms with E-state index in [0.29, 0.717) is 24.3 Å². The van der Waals surface area contributed by atoms with Gasteiger partial charge in [-0.05, 0) is 76.1 Å². The highest BCUT2D eigenvalue weighted by atomic mass is 16.5. The van der Waals surface area contributed by atoms with Gasteiger partial charge in [-0.3, -0.25) is 9.80 Å². The van der Waals surface area contributed by atoms with Crippen LogP contribution in [0, 0.1) is 0 Å². The van der Waals surface area contributed by atoms with Crippen LogP contribution >= 0.6 is 0 Å². The van der Waals surface area contributed by atoms with Crippen LogP contribution < -0.4 is 0 Å². The molecule has 0 aliphatic rings. The molecule has 386 valence electrons. The van der Waals surface area contributed by atoms with Crippen LogP contribution in [0.1, 0.15) is 305 Å². The molecule has 0 radical (unpaired) electrons. The van der Waals surface area contributed by atoms with Crippen LogP contribution in [0.3, 0.4) is 0 Å². The first-order chi connectivity index (χ1) is 32.5. The minimum Gasteiger partial charge on any atom is -0.461 e. The number of hydrogen-bond acceptors (Lipinski definition) is 6. The van der Waals surface area contributed by atoms with Gasteiger partial charge in [-0.2, -0.15) is 0 Å². The second-order valence-electron chi connectivity index (χ2n) is 20.3. The molecule has 0 bridgehead atoms. The third-order valence-electron chi connectivity index (χ3n) is 13.9. The van der Waals surface area contributed by atoms with Gasteiger partial charge in [0, 0.05) is 13.1 Å². The number of rotatable bonds is 52. The van der Waals surface area contributed by atoms with Gasteiger partial charge < -0.3 is 9.47 Å². The Morgan fingerprint density at radius 3 is 0.667 bits per heavy atom. The van der Waals surface area contributed by atoms with Crippen molar-refractivity contribution in [1.29, 1.82) is 0 Å². The Morgan fingerprint density at radius 1 is 0.288 bits per heavy atom. The van der Waals surface area contributed by atoms with Crippen molar-refractivity contribution in [3.63, 3.8) is 0 Å². The number of esters is 2. The van der Waals surface area contributed by atoms with Gasteiger partial charge in [0.15, 0.2) is 0 Å². The van der Waals surface area contributed by atoms with Crippen molar-refractivity contribution in [3.05, 3.63) is 35.4 Å². The maximum absolute atomic E-state index is 13.1. The monoisotopic (exact) mass is 925 g/mol. The molecule has 6 heteroatoms. The summed E-state index contributed by atoms with van der Waals surface area (Å²) in [5, 5.41) is 0. The van der Waals surface area contributed by atoms with Crippen molar-refractivity contribution < 1.29 is 19.1 Å². The maximum Gasteiger partial charge on any atom is 0.338 e. The topological polar surface area (TPSA) is 59.1 Å². The van der Waals surface area contributed by atoms with Gasteiger partial charge in [0.25, 0.3) is 0 Å². The summed E-state index contributed by atoms with van der Waals surface area (Å²) >= 11 is 0. The van der Waals surface area contributed by atoms with Crippen molar-refractivity contribution in [3.8, 4) is 0 Å². The van der Waals surface area contributed by atoms with Crippen LogP contribution in [0.15, 0.2) is 24.3 Å². The average Bonchev–Trinajstić information content (AvgIpc) is 3.33. The van der Waals surface area contributed by atoms with E-state index in [0.717, 1.165) is 39.3 Å². The number of carbonyl (C=O) groups excluding carboxylic acids is 2. The molecule has 6 nitrogen and oxygen atoms in total. The molecule has 0 aliphatic carbocycles. The minimum atomic E-state index is -0.317.